The Balaban J connectivity index is 2.08. The van der Waals surface area contributed by atoms with Gasteiger partial charge in [0.1, 0.15) is 0 Å². The molecule has 0 amide bonds. The van der Waals surface area contributed by atoms with Gasteiger partial charge in [-0.25, -0.2) is 13.1 Å². The van der Waals surface area contributed by atoms with Crippen molar-refractivity contribution in [3.8, 4) is 0 Å². The van der Waals surface area contributed by atoms with Gasteiger partial charge in [0.05, 0.1) is 11.0 Å². The highest BCUT2D eigenvalue weighted by Crippen LogP contribution is 2.24. The summed E-state index contributed by atoms with van der Waals surface area (Å²) >= 11 is 0. The number of hydrogen-bond acceptors (Lipinski definition) is 4. The average Bonchev–Trinajstić information content (AvgIpc) is 2.87. The summed E-state index contributed by atoms with van der Waals surface area (Å²) < 4.78 is 32.9. The first-order valence-electron chi connectivity index (χ1n) is 6.89. The van der Waals surface area contributed by atoms with Crippen LogP contribution in [-0.2, 0) is 14.8 Å². The van der Waals surface area contributed by atoms with Crippen molar-refractivity contribution in [1.29, 1.82) is 0 Å². The second kappa shape index (κ2) is 6.11. The van der Waals surface area contributed by atoms with Crippen LogP contribution >= 0.6 is 0 Å². The number of ether oxygens (including phenoxy) is 1. The summed E-state index contributed by atoms with van der Waals surface area (Å²) in [5, 5.41) is 0. The predicted molar refractivity (Wildman–Crippen MR) is 79.1 cm³/mol. The number of aryl methyl sites for hydroxylation is 1. The molecule has 0 saturated carbocycles. The number of benzene rings is 1. The van der Waals surface area contributed by atoms with Crippen molar-refractivity contribution >= 4 is 15.7 Å². The standard InChI is InChI=1S/C14H22N2O3S/c1-10-5-6-13(15)11(2)14(10)20(17,18)16-8-7-12-4-3-9-19-12/h5-6,12,16H,3-4,7-9,15H2,1-2H3. The Labute approximate surface area is 120 Å². The fourth-order valence-electron chi connectivity index (χ4n) is 2.55. The third-order valence-corrected chi connectivity index (χ3v) is 5.45. The molecule has 2 rings (SSSR count). The topological polar surface area (TPSA) is 81.4 Å². The molecule has 0 spiro atoms. The maximum atomic E-state index is 12.4. The Hall–Kier alpha value is -1.11. The van der Waals surface area contributed by atoms with E-state index in [-0.39, 0.29) is 6.10 Å². The number of rotatable bonds is 5. The van der Waals surface area contributed by atoms with Crippen LogP contribution in [0.2, 0.25) is 0 Å². The Morgan fingerprint density at radius 2 is 2.15 bits per heavy atom. The van der Waals surface area contributed by atoms with Gasteiger partial charge in [-0.05, 0) is 50.3 Å². The maximum Gasteiger partial charge on any atom is 0.241 e. The van der Waals surface area contributed by atoms with Crippen LogP contribution in [0.25, 0.3) is 0 Å². The Morgan fingerprint density at radius 1 is 1.40 bits per heavy atom. The quantitative estimate of drug-likeness (QED) is 0.811. The van der Waals surface area contributed by atoms with Crippen molar-refractivity contribution in [3.05, 3.63) is 23.3 Å². The molecule has 20 heavy (non-hydrogen) atoms. The SMILES string of the molecule is Cc1ccc(N)c(C)c1S(=O)(=O)NCCC1CCCO1. The van der Waals surface area contributed by atoms with Gasteiger partial charge in [-0.1, -0.05) is 6.07 Å². The van der Waals surface area contributed by atoms with Crippen LogP contribution in [0.15, 0.2) is 17.0 Å². The molecule has 1 heterocycles. The molecule has 6 heteroatoms. The molecule has 5 nitrogen and oxygen atoms in total. The van der Waals surface area contributed by atoms with Crippen molar-refractivity contribution in [2.45, 2.75) is 44.1 Å². The fourth-order valence-corrected chi connectivity index (χ4v) is 4.10. The first-order chi connectivity index (χ1) is 9.42. The van der Waals surface area contributed by atoms with E-state index in [4.69, 9.17) is 10.5 Å². The van der Waals surface area contributed by atoms with Crippen LogP contribution in [-0.4, -0.2) is 27.7 Å². The first kappa shape index (κ1) is 15.3. The minimum Gasteiger partial charge on any atom is -0.398 e. The molecule has 1 unspecified atom stereocenters. The van der Waals surface area contributed by atoms with Crippen molar-refractivity contribution in [1.82, 2.24) is 4.72 Å². The molecule has 0 radical (unpaired) electrons. The molecular weight excluding hydrogens is 276 g/mol. The summed E-state index contributed by atoms with van der Waals surface area (Å²) in [5.74, 6) is 0. The smallest absolute Gasteiger partial charge is 0.241 e. The molecule has 1 atom stereocenters. The molecule has 0 bridgehead atoms. The summed E-state index contributed by atoms with van der Waals surface area (Å²) in [7, 11) is -3.52. The minimum atomic E-state index is -3.52. The van der Waals surface area contributed by atoms with Crippen LogP contribution in [0.1, 0.15) is 30.4 Å². The van der Waals surface area contributed by atoms with Crippen molar-refractivity contribution in [2.75, 3.05) is 18.9 Å². The number of nitrogens with two attached hydrogens (primary N) is 1. The van der Waals surface area contributed by atoms with E-state index in [1.807, 2.05) is 0 Å². The van der Waals surface area contributed by atoms with Crippen LogP contribution in [0, 0.1) is 13.8 Å². The Morgan fingerprint density at radius 3 is 2.80 bits per heavy atom. The lowest BCUT2D eigenvalue weighted by Crippen LogP contribution is -2.28. The highest BCUT2D eigenvalue weighted by molar-refractivity contribution is 7.89. The molecule has 112 valence electrons. The van der Waals surface area contributed by atoms with E-state index in [2.05, 4.69) is 4.72 Å². The summed E-state index contributed by atoms with van der Waals surface area (Å²) in [6.45, 7) is 4.68. The Bertz CT molecular complexity index is 578. The van der Waals surface area contributed by atoms with Gasteiger partial charge >= 0.3 is 0 Å². The lowest BCUT2D eigenvalue weighted by atomic mass is 10.1. The van der Waals surface area contributed by atoms with Crippen LogP contribution in [0.4, 0.5) is 5.69 Å². The van der Waals surface area contributed by atoms with Crippen LogP contribution in [0.5, 0.6) is 0 Å². The zero-order valence-corrected chi connectivity index (χ0v) is 12.8. The largest absolute Gasteiger partial charge is 0.398 e. The predicted octanol–water partition coefficient (Wildman–Crippen LogP) is 1.73. The third-order valence-electron chi connectivity index (χ3n) is 3.70. The summed E-state index contributed by atoms with van der Waals surface area (Å²) in [5.41, 5.74) is 7.61. The second-order valence-electron chi connectivity index (χ2n) is 5.25. The minimum absolute atomic E-state index is 0.181. The molecule has 1 fully saturated rings. The van der Waals surface area contributed by atoms with Gasteiger partial charge in [0.15, 0.2) is 0 Å². The van der Waals surface area contributed by atoms with Gasteiger partial charge in [0.2, 0.25) is 10.0 Å². The molecule has 3 N–H and O–H groups in total. The second-order valence-corrected chi connectivity index (χ2v) is 6.95. The number of hydrogen-bond donors (Lipinski definition) is 2. The molecule has 1 saturated heterocycles. The number of anilines is 1. The van der Waals surface area contributed by atoms with E-state index in [0.29, 0.717) is 34.7 Å². The van der Waals surface area contributed by atoms with Gasteiger partial charge in [0, 0.05) is 18.8 Å². The normalized spacial score (nSPS) is 19.4. The fraction of sp³-hybridized carbons (Fsp3) is 0.571. The zero-order chi connectivity index (χ0) is 14.8. The molecule has 1 aliphatic rings. The highest BCUT2D eigenvalue weighted by Gasteiger charge is 2.22. The molecular formula is C14H22N2O3S. The van der Waals surface area contributed by atoms with E-state index < -0.39 is 10.0 Å². The monoisotopic (exact) mass is 298 g/mol. The first-order valence-corrected chi connectivity index (χ1v) is 8.37. The summed E-state index contributed by atoms with van der Waals surface area (Å²) in [6, 6.07) is 3.47. The van der Waals surface area contributed by atoms with Crippen LogP contribution in [0.3, 0.4) is 0 Å². The van der Waals surface area contributed by atoms with E-state index in [1.165, 1.54) is 0 Å². The van der Waals surface area contributed by atoms with Gasteiger partial charge in [-0.3, -0.25) is 0 Å². The van der Waals surface area contributed by atoms with Crippen molar-refractivity contribution < 1.29 is 13.2 Å². The summed E-state index contributed by atoms with van der Waals surface area (Å²) in [6.07, 6.45) is 2.96. The highest BCUT2D eigenvalue weighted by atomic mass is 32.2. The van der Waals surface area contributed by atoms with E-state index in [0.717, 1.165) is 19.4 Å². The number of sulfonamides is 1. The van der Waals surface area contributed by atoms with Gasteiger partial charge in [0.25, 0.3) is 0 Å². The number of nitrogens with one attached hydrogen (secondary N) is 1. The lowest BCUT2D eigenvalue weighted by molar-refractivity contribution is 0.105. The van der Waals surface area contributed by atoms with E-state index >= 15 is 0 Å². The molecule has 1 aromatic carbocycles. The van der Waals surface area contributed by atoms with Gasteiger partial charge in [-0.15, -0.1) is 0 Å². The van der Waals surface area contributed by atoms with E-state index in [9.17, 15) is 8.42 Å². The van der Waals surface area contributed by atoms with Gasteiger partial charge < -0.3 is 10.5 Å². The van der Waals surface area contributed by atoms with Crippen molar-refractivity contribution in [3.63, 3.8) is 0 Å². The lowest BCUT2D eigenvalue weighted by Gasteiger charge is -2.15. The van der Waals surface area contributed by atoms with Crippen LogP contribution < -0.4 is 10.5 Å². The molecule has 1 aromatic rings. The molecule has 1 aliphatic heterocycles. The maximum absolute atomic E-state index is 12.4. The zero-order valence-electron chi connectivity index (χ0n) is 12.0. The van der Waals surface area contributed by atoms with E-state index in [1.54, 1.807) is 26.0 Å². The molecule has 0 aliphatic carbocycles. The van der Waals surface area contributed by atoms with Crippen molar-refractivity contribution in [2.24, 2.45) is 0 Å². The average molecular weight is 298 g/mol. The Kier molecular flexibility index (Phi) is 4.67. The molecule has 0 aromatic heterocycles. The summed E-state index contributed by atoms with van der Waals surface area (Å²) in [4.78, 5) is 0.296. The number of nitrogen functional groups attached to an aromatic ring is 1. The third kappa shape index (κ3) is 3.31. The van der Waals surface area contributed by atoms with Gasteiger partial charge in [-0.2, -0.15) is 0 Å².